The number of ether oxygens (including phenoxy) is 1. The molecule has 1 aliphatic rings. The van der Waals surface area contributed by atoms with Crippen LogP contribution in [0.4, 0.5) is 17.5 Å². The number of hydrogen-bond donors (Lipinski definition) is 3. The average molecular weight is 560 g/mol. The Morgan fingerprint density at radius 3 is 2.81 bits per heavy atom. The number of fused-ring (bicyclic) bond motifs is 2. The fraction of sp³-hybridized carbons (Fsp3) is 0.269. The number of H-pyrrole nitrogens is 1. The summed E-state index contributed by atoms with van der Waals surface area (Å²) in [5.41, 5.74) is 9.61. The van der Waals surface area contributed by atoms with E-state index in [2.05, 4.69) is 80.5 Å². The summed E-state index contributed by atoms with van der Waals surface area (Å²) in [7, 11) is 1.69. The number of halogens is 1. The van der Waals surface area contributed by atoms with Gasteiger partial charge < -0.3 is 20.7 Å². The highest BCUT2D eigenvalue weighted by atomic mass is 79.9. The topological polar surface area (TPSA) is 131 Å². The molecule has 188 valence electrons. The van der Waals surface area contributed by atoms with Crippen LogP contribution < -0.4 is 20.7 Å². The van der Waals surface area contributed by atoms with Crippen LogP contribution in [0.15, 0.2) is 53.5 Å². The zero-order valence-electron chi connectivity index (χ0n) is 20.3. The second-order valence-corrected chi connectivity index (χ2v) is 9.95. The quantitative estimate of drug-likeness (QED) is 0.278. The highest BCUT2D eigenvalue weighted by molar-refractivity contribution is 9.10. The minimum Gasteiger partial charge on any atom is -0.497 e. The molecule has 0 bridgehead atoms. The molecule has 11 heteroatoms. The van der Waals surface area contributed by atoms with Crippen molar-refractivity contribution in [1.29, 1.82) is 0 Å². The van der Waals surface area contributed by atoms with Gasteiger partial charge in [-0.25, -0.2) is 19.9 Å². The van der Waals surface area contributed by atoms with Crippen LogP contribution in [0.5, 0.6) is 5.75 Å². The summed E-state index contributed by atoms with van der Waals surface area (Å²) in [6, 6.07) is 12.8. The fourth-order valence-electron chi connectivity index (χ4n) is 4.97. The van der Waals surface area contributed by atoms with Crippen LogP contribution in [0.2, 0.25) is 0 Å². The van der Waals surface area contributed by atoms with Crippen molar-refractivity contribution in [3.05, 3.63) is 64.8 Å². The molecule has 0 amide bonds. The lowest BCUT2D eigenvalue weighted by Crippen LogP contribution is -2.39. The summed E-state index contributed by atoms with van der Waals surface area (Å²) in [6.07, 6.45) is 5.89. The van der Waals surface area contributed by atoms with E-state index in [4.69, 9.17) is 10.5 Å². The summed E-state index contributed by atoms with van der Waals surface area (Å²) in [6.45, 7) is 1.76. The Bertz CT molecular complexity index is 1580. The molecule has 0 saturated carbocycles. The van der Waals surface area contributed by atoms with Crippen LogP contribution in [-0.2, 0) is 6.42 Å². The van der Waals surface area contributed by atoms with Gasteiger partial charge in [-0.2, -0.15) is 5.10 Å². The molecule has 3 aromatic heterocycles. The normalized spacial score (nSPS) is 14.4. The van der Waals surface area contributed by atoms with Crippen LogP contribution >= 0.6 is 15.9 Å². The van der Waals surface area contributed by atoms with Gasteiger partial charge in [0, 0.05) is 42.8 Å². The van der Waals surface area contributed by atoms with E-state index < -0.39 is 0 Å². The van der Waals surface area contributed by atoms with Crippen LogP contribution in [0.25, 0.3) is 21.8 Å². The Kier molecular flexibility index (Phi) is 6.21. The summed E-state index contributed by atoms with van der Waals surface area (Å²) >= 11 is 3.55. The van der Waals surface area contributed by atoms with Crippen molar-refractivity contribution in [1.82, 2.24) is 30.1 Å². The zero-order valence-corrected chi connectivity index (χ0v) is 21.9. The summed E-state index contributed by atoms with van der Waals surface area (Å²) in [5.74, 6) is 2.03. The van der Waals surface area contributed by atoms with Crippen molar-refractivity contribution in [2.75, 3.05) is 36.1 Å². The molecule has 37 heavy (non-hydrogen) atoms. The van der Waals surface area contributed by atoms with E-state index >= 15 is 0 Å². The summed E-state index contributed by atoms with van der Waals surface area (Å²) < 4.78 is 6.33. The van der Waals surface area contributed by atoms with Gasteiger partial charge in [0.05, 0.1) is 18.2 Å². The molecule has 5 aromatic rings. The number of nitrogens with two attached hydrogens (primary N) is 1. The third kappa shape index (κ3) is 4.74. The maximum absolute atomic E-state index is 5.81. The average Bonchev–Trinajstić information content (AvgIpc) is 3.30. The molecule has 4 heterocycles. The molecule has 1 aliphatic heterocycles. The van der Waals surface area contributed by atoms with E-state index in [1.54, 1.807) is 19.6 Å². The highest BCUT2D eigenvalue weighted by Gasteiger charge is 2.24. The first-order chi connectivity index (χ1) is 18.1. The first-order valence-electron chi connectivity index (χ1n) is 12.1. The van der Waals surface area contributed by atoms with E-state index in [0.717, 1.165) is 75.2 Å². The summed E-state index contributed by atoms with van der Waals surface area (Å²) in [5, 5.41) is 14.2. The standard InChI is InChI=1S/C26H26BrN9O/c1-37-19-3-2-16-10-15(11-18-4-7-29-26(28)33-18)12-21(20(16)13-19)32-17-5-8-36(9-6-17)25-22-23(27)34-35-24(22)30-14-31-25/h2-4,7,10,12-14,17,32H,5-6,8-9,11H2,1H3,(H2,28,29,33)(H,30,31,34,35). The van der Waals surface area contributed by atoms with E-state index in [1.807, 2.05) is 12.1 Å². The van der Waals surface area contributed by atoms with E-state index in [-0.39, 0.29) is 5.95 Å². The lowest BCUT2D eigenvalue weighted by molar-refractivity contribution is 0.415. The minimum absolute atomic E-state index is 0.288. The van der Waals surface area contributed by atoms with Crippen molar-refractivity contribution in [2.24, 2.45) is 0 Å². The molecular weight excluding hydrogens is 534 g/mol. The van der Waals surface area contributed by atoms with Gasteiger partial charge in [-0.1, -0.05) is 12.1 Å². The molecule has 2 aromatic carbocycles. The molecule has 1 saturated heterocycles. The molecule has 0 unspecified atom stereocenters. The molecule has 0 spiro atoms. The van der Waals surface area contributed by atoms with Crippen molar-refractivity contribution in [2.45, 2.75) is 25.3 Å². The van der Waals surface area contributed by atoms with Gasteiger partial charge in [-0.3, -0.25) is 5.10 Å². The van der Waals surface area contributed by atoms with Gasteiger partial charge >= 0.3 is 0 Å². The number of nitrogen functional groups attached to an aromatic ring is 1. The number of nitrogens with one attached hydrogen (secondary N) is 2. The number of nitrogens with zero attached hydrogens (tertiary/aromatic N) is 6. The Balaban J connectivity index is 1.25. The Hall–Kier alpha value is -3.99. The van der Waals surface area contributed by atoms with Gasteiger partial charge in [-0.05, 0) is 64.0 Å². The number of piperidine rings is 1. The molecule has 0 radical (unpaired) electrons. The number of benzene rings is 2. The first kappa shape index (κ1) is 23.4. The number of hydrogen-bond acceptors (Lipinski definition) is 9. The Morgan fingerprint density at radius 1 is 1.14 bits per heavy atom. The maximum Gasteiger partial charge on any atom is 0.220 e. The van der Waals surface area contributed by atoms with Gasteiger partial charge in [-0.15, -0.1) is 0 Å². The van der Waals surface area contributed by atoms with Crippen LogP contribution in [0, 0.1) is 0 Å². The molecule has 0 aliphatic carbocycles. The lowest BCUT2D eigenvalue weighted by atomic mass is 9.99. The van der Waals surface area contributed by atoms with E-state index in [1.165, 1.54) is 0 Å². The SMILES string of the molecule is COc1ccc2cc(Cc3ccnc(N)n3)cc(NC3CCN(c4ncnc5n[nH]c(Br)c45)CC3)c2c1. The third-order valence-electron chi connectivity index (χ3n) is 6.78. The number of methoxy groups -OCH3 is 1. The predicted octanol–water partition coefficient (Wildman–Crippen LogP) is 4.32. The first-order valence-corrected chi connectivity index (χ1v) is 12.9. The summed E-state index contributed by atoms with van der Waals surface area (Å²) in [4.78, 5) is 19.5. The molecular formula is C26H26BrN9O. The third-order valence-corrected chi connectivity index (χ3v) is 7.35. The van der Waals surface area contributed by atoms with Crippen molar-refractivity contribution in [3.8, 4) is 5.75 Å². The van der Waals surface area contributed by atoms with Crippen molar-refractivity contribution in [3.63, 3.8) is 0 Å². The van der Waals surface area contributed by atoms with Crippen LogP contribution in [0.1, 0.15) is 24.1 Å². The number of aromatic amines is 1. The van der Waals surface area contributed by atoms with Crippen molar-refractivity contribution >= 4 is 55.2 Å². The second kappa shape index (κ2) is 9.81. The molecule has 4 N–H and O–H groups in total. The lowest BCUT2D eigenvalue weighted by Gasteiger charge is -2.34. The number of anilines is 3. The van der Waals surface area contributed by atoms with Crippen molar-refractivity contribution < 1.29 is 4.74 Å². The van der Waals surface area contributed by atoms with Gasteiger partial charge in [0.1, 0.15) is 22.5 Å². The minimum atomic E-state index is 0.288. The molecule has 0 atom stereocenters. The molecule has 10 nitrogen and oxygen atoms in total. The van der Waals surface area contributed by atoms with Gasteiger partial charge in [0.25, 0.3) is 0 Å². The predicted molar refractivity (Wildman–Crippen MR) is 148 cm³/mol. The maximum atomic E-state index is 5.81. The molecule has 6 rings (SSSR count). The highest BCUT2D eigenvalue weighted by Crippen LogP contribution is 2.33. The molecule has 1 fully saturated rings. The fourth-order valence-corrected chi connectivity index (χ4v) is 5.41. The monoisotopic (exact) mass is 559 g/mol. The largest absolute Gasteiger partial charge is 0.497 e. The van der Waals surface area contributed by atoms with Gasteiger partial charge in [0.2, 0.25) is 5.95 Å². The Morgan fingerprint density at radius 2 is 2.00 bits per heavy atom. The number of rotatable bonds is 6. The Labute approximate surface area is 221 Å². The number of aromatic nitrogens is 6. The smallest absolute Gasteiger partial charge is 0.220 e. The van der Waals surface area contributed by atoms with Gasteiger partial charge in [0.15, 0.2) is 5.65 Å². The zero-order chi connectivity index (χ0) is 25.4. The van der Waals surface area contributed by atoms with Crippen LogP contribution in [-0.4, -0.2) is 56.4 Å². The van der Waals surface area contributed by atoms with E-state index in [9.17, 15) is 0 Å². The van der Waals surface area contributed by atoms with Crippen LogP contribution in [0.3, 0.4) is 0 Å². The van der Waals surface area contributed by atoms with E-state index in [0.29, 0.717) is 18.1 Å². The second-order valence-electron chi connectivity index (χ2n) is 9.15.